The number of fused-ring (bicyclic) bond motifs is 1. The van der Waals surface area contributed by atoms with Gasteiger partial charge < -0.3 is 24.5 Å². The molecule has 1 amide bonds. The zero-order valence-corrected chi connectivity index (χ0v) is 18.5. The fourth-order valence-corrected chi connectivity index (χ4v) is 3.73. The Balaban J connectivity index is 1.67. The summed E-state index contributed by atoms with van der Waals surface area (Å²) in [5, 5.41) is 7.20. The third-order valence-corrected chi connectivity index (χ3v) is 5.84. The molecule has 0 bridgehead atoms. The van der Waals surface area contributed by atoms with Crippen molar-refractivity contribution < 1.29 is 18.7 Å². The van der Waals surface area contributed by atoms with Gasteiger partial charge in [0.15, 0.2) is 11.5 Å². The number of nitrogens with zero attached hydrogens (tertiary/aromatic N) is 2. The summed E-state index contributed by atoms with van der Waals surface area (Å²) >= 11 is 0. The first-order valence-electron chi connectivity index (χ1n) is 10.4. The van der Waals surface area contributed by atoms with Crippen molar-refractivity contribution in [3.05, 3.63) is 41.4 Å². The van der Waals surface area contributed by atoms with E-state index in [-0.39, 0.29) is 17.5 Å². The van der Waals surface area contributed by atoms with Crippen molar-refractivity contribution in [1.29, 1.82) is 0 Å². The maximum atomic E-state index is 13.4. The fourth-order valence-electron chi connectivity index (χ4n) is 3.73. The van der Waals surface area contributed by atoms with Crippen LogP contribution in [0.3, 0.4) is 0 Å². The summed E-state index contributed by atoms with van der Waals surface area (Å²) in [7, 11) is 3.19. The van der Waals surface area contributed by atoms with E-state index in [1.807, 2.05) is 25.1 Å². The summed E-state index contributed by atoms with van der Waals surface area (Å²) in [6.07, 6.45) is 4.29. The van der Waals surface area contributed by atoms with Gasteiger partial charge in [-0.3, -0.25) is 4.79 Å². The minimum absolute atomic E-state index is 0.00576. The molecule has 8 nitrogen and oxygen atoms in total. The summed E-state index contributed by atoms with van der Waals surface area (Å²) in [6, 6.07) is 5.45. The van der Waals surface area contributed by atoms with Crippen LogP contribution in [0.4, 0.5) is 5.82 Å². The van der Waals surface area contributed by atoms with Gasteiger partial charge in [0.25, 0.3) is 5.91 Å². The minimum atomic E-state index is -0.225. The number of furan rings is 1. The van der Waals surface area contributed by atoms with Gasteiger partial charge >= 0.3 is 0 Å². The molecule has 1 aliphatic rings. The van der Waals surface area contributed by atoms with E-state index in [0.29, 0.717) is 46.2 Å². The number of carbonyl (C=O) groups excluding carboxylic acids is 1. The Labute approximate surface area is 181 Å². The highest BCUT2D eigenvalue weighted by atomic mass is 16.5. The van der Waals surface area contributed by atoms with Crippen molar-refractivity contribution in [3.63, 3.8) is 0 Å². The lowest BCUT2D eigenvalue weighted by Crippen LogP contribution is -2.28. The number of nitrogens with one attached hydrogen (secondary N) is 2. The second-order valence-corrected chi connectivity index (χ2v) is 8.17. The van der Waals surface area contributed by atoms with Gasteiger partial charge in [-0.05, 0) is 50.8 Å². The van der Waals surface area contributed by atoms with Gasteiger partial charge in [0.1, 0.15) is 17.9 Å². The minimum Gasteiger partial charge on any atom is -0.493 e. The number of hydrogen-bond acceptors (Lipinski definition) is 7. The largest absolute Gasteiger partial charge is 0.493 e. The van der Waals surface area contributed by atoms with E-state index in [9.17, 15) is 4.79 Å². The van der Waals surface area contributed by atoms with Crippen molar-refractivity contribution in [2.24, 2.45) is 0 Å². The molecule has 4 rings (SSSR count). The van der Waals surface area contributed by atoms with Gasteiger partial charge in [0.2, 0.25) is 5.71 Å². The molecule has 0 saturated heterocycles. The lowest BCUT2D eigenvalue weighted by molar-refractivity contribution is 0.0935. The van der Waals surface area contributed by atoms with Crippen molar-refractivity contribution in [2.75, 3.05) is 19.5 Å². The summed E-state index contributed by atoms with van der Waals surface area (Å²) in [5.41, 5.74) is 1.80. The Morgan fingerprint density at radius 2 is 1.97 bits per heavy atom. The molecule has 3 aromatic rings. The Morgan fingerprint density at radius 1 is 1.23 bits per heavy atom. The van der Waals surface area contributed by atoms with Gasteiger partial charge in [-0.2, -0.15) is 0 Å². The molecule has 1 aliphatic carbocycles. The number of aryl methyl sites for hydroxylation is 1. The van der Waals surface area contributed by atoms with Gasteiger partial charge in [0, 0.05) is 5.54 Å². The quantitative estimate of drug-likeness (QED) is 0.553. The molecule has 1 fully saturated rings. The Morgan fingerprint density at radius 3 is 2.61 bits per heavy atom. The highest BCUT2D eigenvalue weighted by molar-refractivity contribution is 6.10. The van der Waals surface area contributed by atoms with E-state index >= 15 is 0 Å². The number of carbonyl (C=O) groups is 1. The van der Waals surface area contributed by atoms with E-state index in [0.717, 1.165) is 18.4 Å². The van der Waals surface area contributed by atoms with Crippen molar-refractivity contribution >= 4 is 22.8 Å². The molecule has 8 heteroatoms. The summed E-state index contributed by atoms with van der Waals surface area (Å²) < 4.78 is 16.5. The maximum absolute atomic E-state index is 13.4. The van der Waals surface area contributed by atoms with Gasteiger partial charge in [-0.15, -0.1) is 0 Å². The molecule has 0 spiro atoms. The van der Waals surface area contributed by atoms with E-state index < -0.39 is 0 Å². The predicted octanol–water partition coefficient (Wildman–Crippen LogP) is 4.39. The van der Waals surface area contributed by atoms with Crippen LogP contribution in [0.25, 0.3) is 11.1 Å². The number of anilines is 1. The first-order chi connectivity index (χ1) is 14.9. The zero-order valence-electron chi connectivity index (χ0n) is 18.5. The smallest absolute Gasteiger partial charge is 0.256 e. The van der Waals surface area contributed by atoms with Crippen LogP contribution in [-0.4, -0.2) is 35.6 Å². The van der Waals surface area contributed by atoms with Gasteiger partial charge in [0.05, 0.1) is 31.2 Å². The summed E-state index contributed by atoms with van der Waals surface area (Å²) in [5.74, 6) is 2.18. The van der Waals surface area contributed by atoms with Crippen LogP contribution in [0.15, 0.2) is 28.9 Å². The number of hydrogen-bond donors (Lipinski definition) is 2. The molecular weight excluding hydrogens is 396 g/mol. The highest BCUT2D eigenvalue weighted by Gasteiger charge is 2.38. The van der Waals surface area contributed by atoms with Crippen LogP contribution in [0.2, 0.25) is 0 Å². The standard InChI is InChI=1S/C23H28N4O4/c1-6-15(14-7-8-16(29-4)17(11-14)30-5)26-21(28)18-13(2)31-22-19(18)20(24-12-25-22)27-23(3)9-10-23/h7-8,11-12,15H,6,9-10H2,1-5H3,(H,26,28)(H,24,25,27). The molecule has 1 aromatic carbocycles. The molecule has 2 aromatic heterocycles. The molecule has 2 N–H and O–H groups in total. The van der Waals surface area contributed by atoms with Crippen LogP contribution in [0.1, 0.15) is 60.8 Å². The van der Waals surface area contributed by atoms with E-state index in [1.165, 1.54) is 6.33 Å². The van der Waals surface area contributed by atoms with Crippen LogP contribution in [0, 0.1) is 6.92 Å². The molecule has 31 heavy (non-hydrogen) atoms. The number of amides is 1. The highest BCUT2D eigenvalue weighted by Crippen LogP contribution is 2.40. The average Bonchev–Trinajstić information content (AvgIpc) is 3.38. The molecule has 164 valence electrons. The Hall–Kier alpha value is -3.29. The average molecular weight is 425 g/mol. The van der Waals surface area contributed by atoms with Crippen LogP contribution in [0.5, 0.6) is 11.5 Å². The van der Waals surface area contributed by atoms with Crippen LogP contribution < -0.4 is 20.1 Å². The normalized spacial score (nSPS) is 15.4. The molecular formula is C23H28N4O4. The number of rotatable bonds is 8. The van der Waals surface area contributed by atoms with E-state index in [4.69, 9.17) is 13.9 Å². The topological polar surface area (TPSA) is 98.5 Å². The van der Waals surface area contributed by atoms with Crippen molar-refractivity contribution in [1.82, 2.24) is 15.3 Å². The van der Waals surface area contributed by atoms with E-state index in [2.05, 4.69) is 27.5 Å². The molecule has 0 radical (unpaired) electrons. The van der Waals surface area contributed by atoms with Gasteiger partial charge in [-0.1, -0.05) is 13.0 Å². The number of ether oxygens (including phenoxy) is 2. The second kappa shape index (κ2) is 8.09. The maximum Gasteiger partial charge on any atom is 0.256 e. The lowest BCUT2D eigenvalue weighted by atomic mass is 10.0. The molecule has 0 aliphatic heterocycles. The van der Waals surface area contributed by atoms with Crippen molar-refractivity contribution in [3.8, 4) is 11.5 Å². The first kappa shape index (κ1) is 21.0. The second-order valence-electron chi connectivity index (χ2n) is 8.17. The Bertz CT molecular complexity index is 1120. The Kier molecular flexibility index (Phi) is 5.47. The predicted molar refractivity (Wildman–Crippen MR) is 118 cm³/mol. The van der Waals surface area contributed by atoms with Crippen LogP contribution in [-0.2, 0) is 0 Å². The van der Waals surface area contributed by atoms with E-state index in [1.54, 1.807) is 21.1 Å². The summed E-state index contributed by atoms with van der Waals surface area (Å²) in [6.45, 7) is 5.93. The summed E-state index contributed by atoms with van der Waals surface area (Å²) in [4.78, 5) is 22.0. The molecule has 1 atom stereocenters. The number of benzene rings is 1. The number of methoxy groups -OCH3 is 2. The monoisotopic (exact) mass is 424 g/mol. The SMILES string of the molecule is CCC(NC(=O)c1c(C)oc2ncnc(NC3(C)CC3)c12)c1ccc(OC)c(OC)c1. The van der Waals surface area contributed by atoms with Crippen molar-refractivity contribution in [2.45, 2.75) is 51.6 Å². The third-order valence-electron chi connectivity index (χ3n) is 5.84. The number of aromatic nitrogens is 2. The molecule has 2 heterocycles. The fraction of sp³-hybridized carbons (Fsp3) is 0.435. The first-order valence-corrected chi connectivity index (χ1v) is 10.4. The third kappa shape index (κ3) is 4.02. The lowest BCUT2D eigenvalue weighted by Gasteiger charge is -2.19. The molecule has 1 unspecified atom stereocenters. The zero-order chi connectivity index (χ0) is 22.2. The van der Waals surface area contributed by atoms with Crippen LogP contribution >= 0.6 is 0 Å². The molecule has 1 saturated carbocycles. The van der Waals surface area contributed by atoms with Gasteiger partial charge in [-0.25, -0.2) is 9.97 Å².